The summed E-state index contributed by atoms with van der Waals surface area (Å²) in [6.07, 6.45) is 1.24. The van der Waals surface area contributed by atoms with Gasteiger partial charge in [0.15, 0.2) is 9.84 Å². The smallest absolute Gasteiger partial charge is 0.153 e. The summed E-state index contributed by atoms with van der Waals surface area (Å²) in [6.45, 7) is 5.01. The minimum atomic E-state index is -3.01. The van der Waals surface area contributed by atoms with E-state index in [2.05, 4.69) is 42.9 Å². The van der Waals surface area contributed by atoms with Gasteiger partial charge in [-0.2, -0.15) is 0 Å². The molecule has 116 valence electrons. The lowest BCUT2D eigenvalue weighted by Crippen LogP contribution is -2.21. The second kappa shape index (κ2) is 6.56. The van der Waals surface area contributed by atoms with Gasteiger partial charge in [0, 0.05) is 34.0 Å². The third-order valence-corrected chi connectivity index (χ3v) is 6.28. The van der Waals surface area contributed by atoms with Crippen LogP contribution in [0.3, 0.4) is 0 Å². The second-order valence-corrected chi connectivity index (χ2v) is 9.74. The molecule has 2 rings (SSSR count). The van der Waals surface area contributed by atoms with Crippen molar-refractivity contribution in [3.05, 3.63) is 38.0 Å². The Hall–Kier alpha value is -0.760. The molecular formula is C14H20N2O2S3. The number of rotatable bonds is 6. The maximum atomic E-state index is 11.3. The van der Waals surface area contributed by atoms with Crippen molar-refractivity contribution in [2.24, 2.45) is 0 Å². The van der Waals surface area contributed by atoms with Crippen LogP contribution in [0.25, 0.3) is 0 Å². The summed E-state index contributed by atoms with van der Waals surface area (Å²) < 4.78 is 22.6. The highest BCUT2D eigenvalue weighted by atomic mass is 32.2. The zero-order valence-electron chi connectivity index (χ0n) is 12.7. The van der Waals surface area contributed by atoms with Crippen molar-refractivity contribution in [3.63, 3.8) is 0 Å². The molecule has 0 aliphatic rings. The lowest BCUT2D eigenvalue weighted by atomic mass is 10.2. The second-order valence-electron chi connectivity index (χ2n) is 5.34. The fraction of sp³-hybridized carbons (Fsp3) is 0.500. The molecule has 0 radical (unpaired) electrons. The number of thiazole rings is 1. The number of nitrogens with zero attached hydrogens (tertiary/aromatic N) is 2. The first-order valence-electron chi connectivity index (χ1n) is 6.62. The maximum absolute atomic E-state index is 11.3. The fourth-order valence-corrected chi connectivity index (χ4v) is 4.99. The van der Waals surface area contributed by atoms with Crippen molar-refractivity contribution in [1.29, 1.82) is 0 Å². The van der Waals surface area contributed by atoms with E-state index in [4.69, 9.17) is 0 Å². The van der Waals surface area contributed by atoms with E-state index in [1.165, 1.54) is 27.3 Å². The van der Waals surface area contributed by atoms with Crippen molar-refractivity contribution in [3.8, 4) is 0 Å². The van der Waals surface area contributed by atoms with Gasteiger partial charge in [-0.05, 0) is 33.0 Å². The van der Waals surface area contributed by atoms with Gasteiger partial charge in [0.05, 0.1) is 5.69 Å². The first-order chi connectivity index (χ1) is 9.74. The third-order valence-electron chi connectivity index (χ3n) is 3.23. The summed E-state index contributed by atoms with van der Waals surface area (Å²) >= 11 is 3.22. The van der Waals surface area contributed by atoms with Gasteiger partial charge in [0.2, 0.25) is 0 Å². The number of aryl methyl sites for hydroxylation is 1. The van der Waals surface area contributed by atoms with E-state index in [1.54, 1.807) is 0 Å². The van der Waals surface area contributed by atoms with Crippen LogP contribution in [0.4, 0.5) is 0 Å². The van der Waals surface area contributed by atoms with E-state index < -0.39 is 9.84 Å². The topological polar surface area (TPSA) is 50.3 Å². The van der Waals surface area contributed by atoms with Crippen LogP contribution in [0, 0.1) is 6.92 Å². The highest BCUT2D eigenvalue weighted by Crippen LogP contribution is 2.27. The predicted octanol–water partition coefficient (Wildman–Crippen LogP) is 3.25. The van der Waals surface area contributed by atoms with Crippen LogP contribution in [0.5, 0.6) is 0 Å². The Morgan fingerprint density at radius 2 is 2.10 bits per heavy atom. The van der Waals surface area contributed by atoms with Crippen molar-refractivity contribution in [1.82, 2.24) is 9.88 Å². The van der Waals surface area contributed by atoms with Crippen molar-refractivity contribution in [2.45, 2.75) is 32.2 Å². The van der Waals surface area contributed by atoms with Crippen LogP contribution in [0.1, 0.15) is 33.4 Å². The van der Waals surface area contributed by atoms with Crippen LogP contribution in [0.2, 0.25) is 0 Å². The standard InChI is InChI=1S/C14H20N2O2S3/c1-10-5-6-13(20-10)11(2)16(3)7-12-8-19-14(15-12)9-21(4,17)18/h5-6,8,11H,7,9H2,1-4H3/t11-/m1/s1. The summed E-state index contributed by atoms with van der Waals surface area (Å²) in [5.41, 5.74) is 0.932. The Bertz CT molecular complexity index is 703. The quantitative estimate of drug-likeness (QED) is 0.807. The molecule has 0 spiro atoms. The van der Waals surface area contributed by atoms with Crippen molar-refractivity contribution < 1.29 is 8.42 Å². The van der Waals surface area contributed by atoms with Crippen LogP contribution in [-0.4, -0.2) is 31.6 Å². The normalized spacial score (nSPS) is 13.8. The van der Waals surface area contributed by atoms with Gasteiger partial charge in [-0.15, -0.1) is 22.7 Å². The lowest BCUT2D eigenvalue weighted by Gasteiger charge is -2.22. The SMILES string of the molecule is Cc1ccc([C@@H](C)N(C)Cc2csc(CS(C)(=O)=O)n2)s1. The molecule has 0 amide bonds. The number of aromatic nitrogens is 1. The molecule has 0 aliphatic heterocycles. The number of thiophene rings is 1. The summed E-state index contributed by atoms with van der Waals surface area (Å²) in [6, 6.07) is 4.62. The molecule has 2 aromatic heterocycles. The van der Waals surface area contributed by atoms with Gasteiger partial charge in [-0.3, -0.25) is 4.90 Å². The highest BCUT2D eigenvalue weighted by molar-refractivity contribution is 7.90. The first kappa shape index (κ1) is 16.6. The zero-order chi connectivity index (χ0) is 15.6. The molecule has 0 aliphatic carbocycles. The predicted molar refractivity (Wildman–Crippen MR) is 89.6 cm³/mol. The lowest BCUT2D eigenvalue weighted by molar-refractivity contribution is 0.254. The van der Waals surface area contributed by atoms with Gasteiger partial charge in [-0.1, -0.05) is 0 Å². The summed E-state index contributed by atoms with van der Waals surface area (Å²) in [7, 11) is -0.948. The maximum Gasteiger partial charge on any atom is 0.153 e. The number of hydrogen-bond donors (Lipinski definition) is 0. The highest BCUT2D eigenvalue weighted by Gasteiger charge is 2.16. The van der Waals surface area contributed by atoms with Crippen LogP contribution in [-0.2, 0) is 22.1 Å². The largest absolute Gasteiger partial charge is 0.293 e. The van der Waals surface area contributed by atoms with Crippen LogP contribution < -0.4 is 0 Å². The average molecular weight is 345 g/mol. The molecule has 1 atom stereocenters. The van der Waals surface area contributed by atoms with Crippen molar-refractivity contribution in [2.75, 3.05) is 13.3 Å². The zero-order valence-corrected chi connectivity index (χ0v) is 15.1. The summed E-state index contributed by atoms with van der Waals surface area (Å²) in [4.78, 5) is 9.29. The van der Waals surface area contributed by atoms with Gasteiger partial charge >= 0.3 is 0 Å². The molecule has 0 saturated heterocycles. The van der Waals surface area contributed by atoms with E-state index in [1.807, 2.05) is 16.7 Å². The molecule has 4 nitrogen and oxygen atoms in total. The minimum absolute atomic E-state index is 0.0288. The van der Waals surface area contributed by atoms with Gasteiger partial charge in [-0.25, -0.2) is 13.4 Å². The van der Waals surface area contributed by atoms with E-state index in [-0.39, 0.29) is 5.75 Å². The Labute approximate surface area is 134 Å². The average Bonchev–Trinajstić information content (AvgIpc) is 2.95. The Kier molecular flexibility index (Phi) is 5.19. The molecule has 2 heterocycles. The van der Waals surface area contributed by atoms with Gasteiger partial charge in [0.25, 0.3) is 0 Å². The summed E-state index contributed by atoms with van der Waals surface area (Å²) in [5, 5.41) is 2.61. The van der Waals surface area contributed by atoms with Crippen LogP contribution in [0.15, 0.2) is 17.5 Å². The molecule has 0 aromatic carbocycles. The number of hydrogen-bond acceptors (Lipinski definition) is 6. The van der Waals surface area contributed by atoms with Crippen molar-refractivity contribution >= 4 is 32.5 Å². The minimum Gasteiger partial charge on any atom is -0.293 e. The monoisotopic (exact) mass is 344 g/mol. The van der Waals surface area contributed by atoms with Crippen LogP contribution >= 0.6 is 22.7 Å². The number of sulfone groups is 1. The molecule has 7 heteroatoms. The molecule has 0 unspecified atom stereocenters. The van der Waals surface area contributed by atoms with E-state index in [9.17, 15) is 8.42 Å². The molecule has 21 heavy (non-hydrogen) atoms. The third kappa shape index (κ3) is 4.88. The molecule has 0 fully saturated rings. The Balaban J connectivity index is 2.01. The molecule has 2 aromatic rings. The Morgan fingerprint density at radius 3 is 2.67 bits per heavy atom. The molecule has 0 bridgehead atoms. The van der Waals surface area contributed by atoms with E-state index in [0.29, 0.717) is 11.0 Å². The van der Waals surface area contributed by atoms with E-state index in [0.717, 1.165) is 12.2 Å². The fourth-order valence-electron chi connectivity index (χ4n) is 2.00. The molecule has 0 N–H and O–H groups in total. The van der Waals surface area contributed by atoms with Gasteiger partial charge < -0.3 is 0 Å². The first-order valence-corrected chi connectivity index (χ1v) is 10.4. The summed E-state index contributed by atoms with van der Waals surface area (Å²) in [5.74, 6) is 0.0288. The Morgan fingerprint density at radius 1 is 1.38 bits per heavy atom. The van der Waals surface area contributed by atoms with Gasteiger partial charge in [0.1, 0.15) is 10.8 Å². The molecular weight excluding hydrogens is 324 g/mol. The molecule has 0 saturated carbocycles. The van der Waals surface area contributed by atoms with E-state index >= 15 is 0 Å².